The second-order valence-corrected chi connectivity index (χ2v) is 11.4. The van der Waals surface area contributed by atoms with Crippen LogP contribution in [0.4, 0.5) is 0 Å². The molecule has 1 aliphatic heterocycles. The Hall–Kier alpha value is -1.19. The maximum atomic E-state index is 12.2. The Labute approximate surface area is 161 Å². The number of carbonyl (C=O) groups is 1. The molecule has 26 heavy (non-hydrogen) atoms. The van der Waals surface area contributed by atoms with Gasteiger partial charge in [-0.1, -0.05) is 18.7 Å². The predicted molar refractivity (Wildman–Crippen MR) is 105 cm³/mol. The van der Waals surface area contributed by atoms with Crippen LogP contribution in [-0.4, -0.2) is 47.6 Å². The van der Waals surface area contributed by atoms with E-state index < -0.39 is 9.84 Å². The van der Waals surface area contributed by atoms with Gasteiger partial charge in [-0.2, -0.15) is 0 Å². The highest BCUT2D eigenvalue weighted by atomic mass is 32.2. The molecule has 6 nitrogen and oxygen atoms in total. The summed E-state index contributed by atoms with van der Waals surface area (Å²) in [5.41, 5.74) is 1.36. The van der Waals surface area contributed by atoms with Gasteiger partial charge in [0.1, 0.15) is 16.2 Å². The van der Waals surface area contributed by atoms with E-state index in [1.807, 2.05) is 0 Å². The van der Waals surface area contributed by atoms with E-state index in [4.69, 9.17) is 0 Å². The van der Waals surface area contributed by atoms with Crippen molar-refractivity contribution in [3.8, 4) is 0 Å². The van der Waals surface area contributed by atoms with Gasteiger partial charge in [0.15, 0.2) is 9.84 Å². The zero-order valence-electron chi connectivity index (χ0n) is 14.5. The van der Waals surface area contributed by atoms with Gasteiger partial charge in [0, 0.05) is 16.3 Å². The van der Waals surface area contributed by atoms with Crippen molar-refractivity contribution in [3.63, 3.8) is 0 Å². The summed E-state index contributed by atoms with van der Waals surface area (Å²) in [6.45, 7) is 2.28. The van der Waals surface area contributed by atoms with Gasteiger partial charge >= 0.3 is 0 Å². The van der Waals surface area contributed by atoms with Crippen LogP contribution in [0.1, 0.15) is 30.2 Å². The molecule has 1 saturated heterocycles. The summed E-state index contributed by atoms with van der Waals surface area (Å²) in [5, 5.41) is 4.80. The summed E-state index contributed by atoms with van der Waals surface area (Å²) < 4.78 is 23.0. The van der Waals surface area contributed by atoms with Crippen LogP contribution >= 0.6 is 23.1 Å². The summed E-state index contributed by atoms with van der Waals surface area (Å²) in [4.78, 5) is 23.5. The molecule has 1 amide bonds. The Bertz CT molecular complexity index is 955. The molecule has 9 heteroatoms. The normalized spacial score (nSPS) is 24.5. The molecule has 0 aromatic carbocycles. The Kier molecular flexibility index (Phi) is 4.96. The van der Waals surface area contributed by atoms with E-state index in [0.29, 0.717) is 12.3 Å². The van der Waals surface area contributed by atoms with Crippen molar-refractivity contribution in [1.82, 2.24) is 15.3 Å². The number of amides is 1. The molecule has 2 aliphatic rings. The van der Waals surface area contributed by atoms with E-state index in [2.05, 4.69) is 22.2 Å². The lowest BCUT2D eigenvalue weighted by atomic mass is 9.89. The minimum atomic E-state index is -2.99. The van der Waals surface area contributed by atoms with Gasteiger partial charge < -0.3 is 5.32 Å². The number of sulfone groups is 1. The van der Waals surface area contributed by atoms with Crippen molar-refractivity contribution < 1.29 is 13.2 Å². The number of nitrogens with zero attached hydrogens (tertiary/aromatic N) is 2. The van der Waals surface area contributed by atoms with Gasteiger partial charge in [-0.05, 0) is 37.2 Å². The smallest absolute Gasteiger partial charge is 0.230 e. The van der Waals surface area contributed by atoms with Crippen molar-refractivity contribution in [2.75, 3.05) is 17.3 Å². The Morgan fingerprint density at radius 3 is 3.00 bits per heavy atom. The number of fused-ring (bicyclic) bond motifs is 3. The predicted octanol–water partition coefficient (Wildman–Crippen LogP) is 2.21. The first-order valence-electron chi connectivity index (χ1n) is 8.79. The molecule has 0 unspecified atom stereocenters. The van der Waals surface area contributed by atoms with Crippen molar-refractivity contribution >= 4 is 49.1 Å². The summed E-state index contributed by atoms with van der Waals surface area (Å²) in [7, 11) is -2.99. The van der Waals surface area contributed by atoms with Crippen LogP contribution in [-0.2, 0) is 27.5 Å². The summed E-state index contributed by atoms with van der Waals surface area (Å²) in [6.07, 6.45) is 5.39. The van der Waals surface area contributed by atoms with E-state index >= 15 is 0 Å². The molecule has 140 valence electrons. The largest absolute Gasteiger partial charge is 0.352 e. The second-order valence-electron chi connectivity index (χ2n) is 7.17. The summed E-state index contributed by atoms with van der Waals surface area (Å²) in [6, 6.07) is -0.256. The lowest BCUT2D eigenvalue weighted by Gasteiger charge is -2.18. The van der Waals surface area contributed by atoms with Crippen LogP contribution in [0.5, 0.6) is 0 Å². The van der Waals surface area contributed by atoms with Gasteiger partial charge in [-0.3, -0.25) is 4.79 Å². The van der Waals surface area contributed by atoms with Crippen LogP contribution in [0.25, 0.3) is 10.2 Å². The molecule has 0 saturated carbocycles. The molecule has 2 atom stereocenters. The number of hydrogen-bond acceptors (Lipinski definition) is 7. The Morgan fingerprint density at radius 1 is 1.38 bits per heavy atom. The first-order chi connectivity index (χ1) is 12.4. The molecule has 1 fully saturated rings. The lowest BCUT2D eigenvalue weighted by molar-refractivity contribution is -0.119. The summed E-state index contributed by atoms with van der Waals surface area (Å²) >= 11 is 3.16. The quantitative estimate of drug-likeness (QED) is 0.613. The number of thiophene rings is 1. The maximum absolute atomic E-state index is 12.2. The van der Waals surface area contributed by atoms with Crippen LogP contribution < -0.4 is 5.32 Å². The second kappa shape index (κ2) is 7.09. The molecular formula is C17H21N3O3S3. The van der Waals surface area contributed by atoms with Gasteiger partial charge in [-0.15, -0.1) is 11.3 Å². The van der Waals surface area contributed by atoms with Crippen molar-refractivity contribution in [1.29, 1.82) is 0 Å². The van der Waals surface area contributed by atoms with Crippen molar-refractivity contribution in [3.05, 3.63) is 16.8 Å². The van der Waals surface area contributed by atoms with Gasteiger partial charge in [0.2, 0.25) is 5.91 Å². The van der Waals surface area contributed by atoms with E-state index in [0.717, 1.165) is 28.1 Å². The van der Waals surface area contributed by atoms with Crippen molar-refractivity contribution in [2.45, 2.75) is 43.7 Å². The van der Waals surface area contributed by atoms with E-state index in [9.17, 15) is 13.2 Å². The molecule has 4 rings (SSSR count). The Morgan fingerprint density at radius 2 is 2.23 bits per heavy atom. The zero-order valence-corrected chi connectivity index (χ0v) is 17.0. The highest BCUT2D eigenvalue weighted by molar-refractivity contribution is 8.00. The summed E-state index contributed by atoms with van der Waals surface area (Å²) in [5.74, 6) is 1.02. The highest BCUT2D eigenvalue weighted by Crippen LogP contribution is 2.40. The van der Waals surface area contributed by atoms with Gasteiger partial charge in [-0.25, -0.2) is 18.4 Å². The number of aromatic nitrogens is 2. The molecular weight excluding hydrogens is 390 g/mol. The first-order valence-corrected chi connectivity index (χ1v) is 12.4. The van der Waals surface area contributed by atoms with Crippen LogP contribution in [0, 0.1) is 5.92 Å². The van der Waals surface area contributed by atoms with Crippen LogP contribution in [0.2, 0.25) is 0 Å². The fourth-order valence-electron chi connectivity index (χ4n) is 3.67. The number of hydrogen-bond donors (Lipinski definition) is 1. The average Bonchev–Trinajstić information content (AvgIpc) is 3.11. The molecule has 0 bridgehead atoms. The molecule has 1 N–H and O–H groups in total. The first kappa shape index (κ1) is 18.2. The van der Waals surface area contributed by atoms with E-state index in [1.54, 1.807) is 17.7 Å². The topological polar surface area (TPSA) is 89.0 Å². The monoisotopic (exact) mass is 411 g/mol. The van der Waals surface area contributed by atoms with Crippen LogP contribution in [0.15, 0.2) is 11.4 Å². The SMILES string of the molecule is C[C@@H]1CCc2c(sc3ncnc(SCC(=O)N[C@@H]4CCS(=O)(=O)C4)c23)C1. The third-order valence-electron chi connectivity index (χ3n) is 4.99. The van der Waals surface area contributed by atoms with E-state index in [-0.39, 0.29) is 29.2 Å². The minimum absolute atomic E-state index is 0.0530. The molecule has 3 heterocycles. The average molecular weight is 412 g/mol. The number of thioether (sulfide) groups is 1. The molecule has 0 radical (unpaired) electrons. The lowest BCUT2D eigenvalue weighted by Crippen LogP contribution is -2.36. The van der Waals surface area contributed by atoms with Crippen LogP contribution in [0.3, 0.4) is 0 Å². The zero-order chi connectivity index (χ0) is 18.3. The van der Waals surface area contributed by atoms with Crippen molar-refractivity contribution in [2.24, 2.45) is 5.92 Å². The Balaban J connectivity index is 1.47. The number of aryl methyl sites for hydroxylation is 1. The highest BCUT2D eigenvalue weighted by Gasteiger charge is 2.29. The molecule has 2 aromatic rings. The number of nitrogens with one attached hydrogen (secondary N) is 1. The molecule has 0 spiro atoms. The minimum Gasteiger partial charge on any atom is -0.352 e. The maximum Gasteiger partial charge on any atom is 0.230 e. The molecule has 1 aliphatic carbocycles. The third kappa shape index (κ3) is 3.75. The number of rotatable bonds is 4. The van der Waals surface area contributed by atoms with E-state index in [1.165, 1.54) is 28.6 Å². The standard InChI is InChI=1S/C17H21N3O3S3/c1-10-2-3-12-13(6-10)25-17-15(12)16(18-9-19-17)24-7-14(21)20-11-4-5-26(22,23)8-11/h9-11H,2-8H2,1H3,(H,20,21)/t10-,11-/m1/s1. The fraction of sp³-hybridized carbons (Fsp3) is 0.588. The van der Waals surface area contributed by atoms with Gasteiger partial charge in [0.05, 0.1) is 17.3 Å². The number of carbonyl (C=O) groups excluding carboxylic acids is 1. The fourth-order valence-corrected chi connectivity index (χ4v) is 7.59. The third-order valence-corrected chi connectivity index (χ3v) is 8.91. The van der Waals surface area contributed by atoms with Gasteiger partial charge in [0.25, 0.3) is 0 Å². The molecule has 2 aromatic heterocycles.